The third kappa shape index (κ3) is 2.58. The fraction of sp³-hybridized carbons (Fsp3) is 0.125. The van der Waals surface area contributed by atoms with Crippen LogP contribution in [-0.2, 0) is 0 Å². The van der Waals surface area contributed by atoms with E-state index in [9.17, 15) is 4.79 Å². The molecule has 3 aromatic rings. The van der Waals surface area contributed by atoms with Crippen LogP contribution in [-0.4, -0.2) is 29.4 Å². The predicted molar refractivity (Wildman–Crippen MR) is 83.9 cm³/mol. The molecule has 0 atom stereocenters. The number of carbonyl (C=O) groups is 1. The van der Waals surface area contributed by atoms with Crippen LogP contribution < -0.4 is 10.2 Å². The van der Waals surface area contributed by atoms with Crippen molar-refractivity contribution in [2.24, 2.45) is 0 Å². The van der Waals surface area contributed by atoms with E-state index in [4.69, 9.17) is 0 Å². The smallest absolute Gasteiger partial charge is 0.255 e. The molecule has 0 fully saturated rings. The van der Waals surface area contributed by atoms with Crippen molar-refractivity contribution >= 4 is 22.9 Å². The van der Waals surface area contributed by atoms with Crippen molar-refractivity contribution in [2.75, 3.05) is 24.3 Å². The molecule has 106 valence electrons. The second kappa shape index (κ2) is 5.28. The Morgan fingerprint density at radius 1 is 1.19 bits per heavy atom. The monoisotopic (exact) mass is 280 g/mol. The summed E-state index contributed by atoms with van der Waals surface area (Å²) in [6.07, 6.45) is 5.44. The lowest BCUT2D eigenvalue weighted by atomic mass is 10.1. The zero-order valence-corrected chi connectivity index (χ0v) is 11.9. The average molecular weight is 280 g/mol. The number of amides is 1. The van der Waals surface area contributed by atoms with Gasteiger partial charge in [0.2, 0.25) is 0 Å². The quantitative estimate of drug-likeness (QED) is 0.802. The number of benzene rings is 1. The Balaban J connectivity index is 1.89. The van der Waals surface area contributed by atoms with Crippen LogP contribution in [0.5, 0.6) is 0 Å². The predicted octanol–water partition coefficient (Wildman–Crippen LogP) is 2.65. The molecule has 0 saturated carbocycles. The summed E-state index contributed by atoms with van der Waals surface area (Å²) in [5.74, 6) is -0.144. The van der Waals surface area contributed by atoms with E-state index in [1.165, 1.54) is 0 Å². The summed E-state index contributed by atoms with van der Waals surface area (Å²) < 4.78 is 1.87. The Labute approximate surface area is 122 Å². The summed E-state index contributed by atoms with van der Waals surface area (Å²) in [5, 5.41) is 2.91. The number of pyridine rings is 1. The van der Waals surface area contributed by atoms with E-state index in [1.807, 2.05) is 66.1 Å². The molecule has 2 heterocycles. The van der Waals surface area contributed by atoms with Crippen molar-refractivity contribution in [3.8, 4) is 0 Å². The second-order valence-electron chi connectivity index (χ2n) is 4.98. The summed E-state index contributed by atoms with van der Waals surface area (Å²) in [6, 6.07) is 11.2. The second-order valence-corrected chi connectivity index (χ2v) is 4.98. The Kier molecular flexibility index (Phi) is 3.31. The Morgan fingerprint density at radius 3 is 2.86 bits per heavy atom. The summed E-state index contributed by atoms with van der Waals surface area (Å²) in [5.41, 5.74) is 3.04. The molecule has 3 rings (SSSR count). The van der Waals surface area contributed by atoms with E-state index < -0.39 is 0 Å². The van der Waals surface area contributed by atoms with Gasteiger partial charge in [-0.25, -0.2) is 4.98 Å². The number of rotatable bonds is 3. The molecule has 0 aliphatic heterocycles. The van der Waals surface area contributed by atoms with Gasteiger partial charge < -0.3 is 14.6 Å². The van der Waals surface area contributed by atoms with Gasteiger partial charge in [-0.3, -0.25) is 4.79 Å². The van der Waals surface area contributed by atoms with Gasteiger partial charge in [-0.05, 0) is 30.3 Å². The Hall–Kier alpha value is -2.82. The van der Waals surface area contributed by atoms with Crippen LogP contribution in [0.3, 0.4) is 0 Å². The van der Waals surface area contributed by atoms with Gasteiger partial charge in [0.05, 0.1) is 5.69 Å². The fourth-order valence-corrected chi connectivity index (χ4v) is 2.17. The highest BCUT2D eigenvalue weighted by molar-refractivity contribution is 6.06. The largest absolute Gasteiger partial charge is 0.378 e. The van der Waals surface area contributed by atoms with Gasteiger partial charge in [0, 0.05) is 43.9 Å². The molecule has 0 saturated heterocycles. The first-order valence-corrected chi connectivity index (χ1v) is 6.65. The van der Waals surface area contributed by atoms with Crippen LogP contribution in [0.15, 0.2) is 55.0 Å². The highest BCUT2D eigenvalue weighted by Crippen LogP contribution is 2.18. The minimum Gasteiger partial charge on any atom is -0.378 e. The highest BCUT2D eigenvalue weighted by atomic mass is 16.1. The molecule has 0 aliphatic carbocycles. The van der Waals surface area contributed by atoms with E-state index >= 15 is 0 Å². The highest BCUT2D eigenvalue weighted by Gasteiger charge is 2.10. The minimum absolute atomic E-state index is 0.144. The van der Waals surface area contributed by atoms with Gasteiger partial charge in [0.25, 0.3) is 5.91 Å². The molecule has 2 aromatic heterocycles. The first kappa shape index (κ1) is 13.2. The average Bonchev–Trinajstić information content (AvgIpc) is 2.97. The summed E-state index contributed by atoms with van der Waals surface area (Å²) in [7, 11) is 3.89. The van der Waals surface area contributed by atoms with Crippen molar-refractivity contribution in [1.82, 2.24) is 9.38 Å². The molecule has 1 N–H and O–H groups in total. The molecule has 21 heavy (non-hydrogen) atoms. The lowest BCUT2D eigenvalue weighted by Crippen LogP contribution is -2.14. The first-order chi connectivity index (χ1) is 10.1. The number of nitrogens with one attached hydrogen (secondary N) is 1. The van der Waals surface area contributed by atoms with Crippen LogP contribution in [0.4, 0.5) is 11.4 Å². The zero-order chi connectivity index (χ0) is 14.8. The molecule has 0 aliphatic rings. The summed E-state index contributed by atoms with van der Waals surface area (Å²) >= 11 is 0. The van der Waals surface area contributed by atoms with E-state index in [0.29, 0.717) is 11.3 Å². The van der Waals surface area contributed by atoms with Crippen molar-refractivity contribution in [3.63, 3.8) is 0 Å². The van der Waals surface area contributed by atoms with Crippen molar-refractivity contribution < 1.29 is 4.79 Å². The maximum Gasteiger partial charge on any atom is 0.255 e. The summed E-state index contributed by atoms with van der Waals surface area (Å²) in [4.78, 5) is 18.6. The molecular weight excluding hydrogens is 264 g/mol. The number of imidazole rings is 1. The molecule has 0 unspecified atom stereocenters. The van der Waals surface area contributed by atoms with Gasteiger partial charge in [-0.2, -0.15) is 0 Å². The lowest BCUT2D eigenvalue weighted by Gasteiger charge is -2.13. The SMILES string of the molecule is CN(C)c1cccc(C(=O)Nc2cccn3ccnc23)c1. The van der Waals surface area contributed by atoms with Crippen LogP contribution in [0, 0.1) is 0 Å². The number of anilines is 2. The van der Waals surface area contributed by atoms with E-state index in [0.717, 1.165) is 11.3 Å². The van der Waals surface area contributed by atoms with Crippen LogP contribution in [0.1, 0.15) is 10.4 Å². The number of hydrogen-bond donors (Lipinski definition) is 1. The first-order valence-electron chi connectivity index (χ1n) is 6.65. The van der Waals surface area contributed by atoms with Gasteiger partial charge >= 0.3 is 0 Å². The molecule has 5 heteroatoms. The molecule has 5 nitrogen and oxygen atoms in total. The van der Waals surface area contributed by atoms with E-state index in [2.05, 4.69) is 10.3 Å². The Bertz CT molecular complexity index is 792. The number of hydrogen-bond acceptors (Lipinski definition) is 3. The normalized spacial score (nSPS) is 10.6. The lowest BCUT2D eigenvalue weighted by molar-refractivity contribution is 0.102. The summed E-state index contributed by atoms with van der Waals surface area (Å²) in [6.45, 7) is 0. The van der Waals surface area contributed by atoms with Crippen molar-refractivity contribution in [3.05, 3.63) is 60.6 Å². The van der Waals surface area contributed by atoms with Gasteiger partial charge in [0.1, 0.15) is 0 Å². The topological polar surface area (TPSA) is 49.6 Å². The third-order valence-electron chi connectivity index (χ3n) is 3.29. The van der Waals surface area contributed by atoms with Gasteiger partial charge in [-0.15, -0.1) is 0 Å². The number of carbonyl (C=O) groups excluding carboxylic acids is 1. The number of nitrogens with zero attached hydrogens (tertiary/aromatic N) is 3. The molecular formula is C16H16N4O. The molecule has 1 aromatic carbocycles. The van der Waals surface area contributed by atoms with E-state index in [1.54, 1.807) is 12.3 Å². The van der Waals surface area contributed by atoms with E-state index in [-0.39, 0.29) is 5.91 Å². The standard InChI is InChI=1S/C16H16N4O/c1-19(2)13-6-3-5-12(11-13)16(21)18-14-7-4-9-20-10-8-17-15(14)20/h3-11H,1-2H3,(H,18,21). The maximum atomic E-state index is 12.4. The third-order valence-corrected chi connectivity index (χ3v) is 3.29. The Morgan fingerprint density at radius 2 is 2.05 bits per heavy atom. The van der Waals surface area contributed by atoms with Gasteiger partial charge in [0.15, 0.2) is 5.65 Å². The van der Waals surface area contributed by atoms with Crippen molar-refractivity contribution in [2.45, 2.75) is 0 Å². The molecule has 1 amide bonds. The van der Waals surface area contributed by atoms with Crippen LogP contribution >= 0.6 is 0 Å². The molecule has 0 spiro atoms. The number of aromatic nitrogens is 2. The van der Waals surface area contributed by atoms with Crippen molar-refractivity contribution in [1.29, 1.82) is 0 Å². The molecule has 0 bridgehead atoms. The minimum atomic E-state index is -0.144. The number of fused-ring (bicyclic) bond motifs is 1. The fourth-order valence-electron chi connectivity index (χ4n) is 2.17. The zero-order valence-electron chi connectivity index (χ0n) is 11.9. The van der Waals surface area contributed by atoms with Crippen LogP contribution in [0.2, 0.25) is 0 Å². The van der Waals surface area contributed by atoms with Crippen LogP contribution in [0.25, 0.3) is 5.65 Å². The molecule has 0 radical (unpaired) electrons. The maximum absolute atomic E-state index is 12.4. The van der Waals surface area contributed by atoms with Gasteiger partial charge in [-0.1, -0.05) is 6.07 Å².